The van der Waals surface area contributed by atoms with Crippen LogP contribution in [0, 0.1) is 10.5 Å². The molecule has 2 aromatic carbocycles. The van der Waals surface area contributed by atoms with Gasteiger partial charge in [-0.15, -0.1) is 0 Å². The molecule has 0 N–H and O–H groups in total. The van der Waals surface area contributed by atoms with Gasteiger partial charge in [0.2, 0.25) is 0 Å². The zero-order valence-corrected chi connectivity index (χ0v) is 13.2. The lowest BCUT2D eigenvalue weighted by Crippen LogP contribution is -1.98. The van der Waals surface area contributed by atoms with E-state index in [2.05, 4.69) is 27.0 Å². The highest BCUT2D eigenvalue weighted by molar-refractivity contribution is 14.1. The van der Waals surface area contributed by atoms with Crippen molar-refractivity contribution in [3.8, 4) is 0 Å². The highest BCUT2D eigenvalue weighted by Crippen LogP contribution is 2.14. The zero-order valence-electron chi connectivity index (χ0n) is 10.2. The van der Waals surface area contributed by atoms with E-state index in [1.807, 2.05) is 31.2 Å². The molecule has 0 saturated heterocycles. The summed E-state index contributed by atoms with van der Waals surface area (Å²) in [5, 5.41) is 0. The molecular formula is C14H12INO2S. The monoisotopic (exact) mass is 385 g/mol. The molecule has 0 aromatic heterocycles. The topological polar surface area (TPSA) is 46.5 Å². The second kappa shape index (κ2) is 5.83. The third kappa shape index (κ3) is 3.63. The van der Waals surface area contributed by atoms with Crippen LogP contribution in [-0.2, 0) is 10.0 Å². The van der Waals surface area contributed by atoms with E-state index in [9.17, 15) is 8.42 Å². The van der Waals surface area contributed by atoms with Crippen molar-refractivity contribution in [3.63, 3.8) is 0 Å². The number of hydrogen-bond donors (Lipinski definition) is 0. The SMILES string of the molecule is Cc1ccc(S(=O)(=O)/N=C/c2ccccc2I)cc1. The molecular weight excluding hydrogens is 373 g/mol. The fourth-order valence-corrected chi connectivity index (χ4v) is 2.86. The Morgan fingerprint density at radius 2 is 1.68 bits per heavy atom. The molecule has 3 nitrogen and oxygen atoms in total. The first kappa shape index (κ1) is 14.2. The highest BCUT2D eigenvalue weighted by Gasteiger charge is 2.11. The molecule has 98 valence electrons. The number of hydrogen-bond acceptors (Lipinski definition) is 2. The Morgan fingerprint density at radius 1 is 1.05 bits per heavy atom. The van der Waals surface area contributed by atoms with Crippen LogP contribution in [0.15, 0.2) is 57.8 Å². The van der Waals surface area contributed by atoms with Crippen LogP contribution in [0.3, 0.4) is 0 Å². The van der Waals surface area contributed by atoms with Crippen molar-refractivity contribution in [2.75, 3.05) is 0 Å². The van der Waals surface area contributed by atoms with Gasteiger partial charge in [-0.2, -0.15) is 12.8 Å². The number of nitrogens with zero attached hydrogens (tertiary/aromatic N) is 1. The summed E-state index contributed by atoms with van der Waals surface area (Å²) in [6.07, 6.45) is 1.39. The molecule has 0 amide bonds. The molecule has 0 spiro atoms. The summed E-state index contributed by atoms with van der Waals surface area (Å²) in [4.78, 5) is 0.209. The molecule has 0 unspecified atom stereocenters. The van der Waals surface area contributed by atoms with Crippen molar-refractivity contribution >= 4 is 38.8 Å². The Labute approximate surface area is 126 Å². The van der Waals surface area contributed by atoms with Gasteiger partial charge in [0.1, 0.15) is 0 Å². The second-order valence-corrected chi connectivity index (χ2v) is 6.84. The molecule has 2 rings (SSSR count). The fourth-order valence-electron chi connectivity index (χ4n) is 1.48. The van der Waals surface area contributed by atoms with Gasteiger partial charge >= 0.3 is 0 Å². The van der Waals surface area contributed by atoms with Crippen LogP contribution in [0.1, 0.15) is 11.1 Å². The lowest BCUT2D eigenvalue weighted by molar-refractivity contribution is 0.598. The van der Waals surface area contributed by atoms with Gasteiger partial charge in [-0.25, -0.2) is 0 Å². The van der Waals surface area contributed by atoms with Gasteiger partial charge in [0.05, 0.1) is 4.90 Å². The Kier molecular flexibility index (Phi) is 4.36. The lowest BCUT2D eigenvalue weighted by atomic mass is 10.2. The average Bonchev–Trinajstić information content (AvgIpc) is 2.38. The van der Waals surface area contributed by atoms with Crippen molar-refractivity contribution in [2.45, 2.75) is 11.8 Å². The van der Waals surface area contributed by atoms with Gasteiger partial charge in [-0.05, 0) is 47.7 Å². The molecule has 0 aliphatic rings. The molecule has 0 bridgehead atoms. The zero-order chi connectivity index (χ0) is 13.9. The van der Waals surface area contributed by atoms with E-state index in [1.165, 1.54) is 6.21 Å². The van der Waals surface area contributed by atoms with Crippen LogP contribution in [0.4, 0.5) is 0 Å². The van der Waals surface area contributed by atoms with E-state index in [0.29, 0.717) is 0 Å². The maximum Gasteiger partial charge on any atom is 0.282 e. The van der Waals surface area contributed by atoms with Gasteiger partial charge < -0.3 is 0 Å². The average molecular weight is 385 g/mol. The molecule has 0 saturated carbocycles. The van der Waals surface area contributed by atoms with E-state index in [0.717, 1.165) is 14.7 Å². The quantitative estimate of drug-likeness (QED) is 0.601. The summed E-state index contributed by atoms with van der Waals surface area (Å²) in [6.45, 7) is 1.91. The third-order valence-corrected chi connectivity index (χ3v) is 4.79. The molecule has 19 heavy (non-hydrogen) atoms. The summed E-state index contributed by atoms with van der Waals surface area (Å²) in [6, 6.07) is 14.1. The molecule has 0 aliphatic heterocycles. The van der Waals surface area contributed by atoms with Crippen LogP contribution >= 0.6 is 22.6 Å². The first-order valence-electron chi connectivity index (χ1n) is 5.60. The van der Waals surface area contributed by atoms with Crippen LogP contribution < -0.4 is 0 Å². The van der Waals surface area contributed by atoms with Crippen LogP contribution in [0.25, 0.3) is 0 Å². The maximum atomic E-state index is 12.0. The van der Waals surface area contributed by atoms with Crippen molar-refractivity contribution in [1.29, 1.82) is 0 Å². The normalized spacial score (nSPS) is 11.9. The summed E-state index contributed by atoms with van der Waals surface area (Å²) in [7, 11) is -3.63. The van der Waals surface area contributed by atoms with Crippen LogP contribution in [0.5, 0.6) is 0 Å². The van der Waals surface area contributed by atoms with E-state index in [4.69, 9.17) is 0 Å². The number of aryl methyl sites for hydroxylation is 1. The Hall–Kier alpha value is -1.21. The largest absolute Gasteiger partial charge is 0.282 e. The predicted octanol–water partition coefficient (Wildman–Crippen LogP) is 3.41. The van der Waals surface area contributed by atoms with Crippen LogP contribution in [-0.4, -0.2) is 14.6 Å². The first-order valence-corrected chi connectivity index (χ1v) is 8.12. The minimum atomic E-state index is -3.63. The van der Waals surface area contributed by atoms with E-state index in [1.54, 1.807) is 24.3 Å². The third-order valence-electron chi connectivity index (χ3n) is 2.55. The lowest BCUT2D eigenvalue weighted by Gasteiger charge is -2.00. The predicted molar refractivity (Wildman–Crippen MR) is 85.1 cm³/mol. The number of rotatable bonds is 3. The summed E-state index contributed by atoms with van der Waals surface area (Å²) >= 11 is 2.14. The molecule has 0 atom stereocenters. The molecule has 0 radical (unpaired) electrons. The Balaban J connectivity index is 2.32. The number of halogens is 1. The van der Waals surface area contributed by atoms with Crippen LogP contribution in [0.2, 0.25) is 0 Å². The summed E-state index contributed by atoms with van der Waals surface area (Å²) < 4.78 is 28.7. The van der Waals surface area contributed by atoms with Crippen molar-refractivity contribution in [2.24, 2.45) is 4.40 Å². The van der Waals surface area contributed by atoms with E-state index < -0.39 is 10.0 Å². The Morgan fingerprint density at radius 3 is 2.32 bits per heavy atom. The van der Waals surface area contributed by atoms with Crippen molar-refractivity contribution in [3.05, 3.63) is 63.2 Å². The van der Waals surface area contributed by atoms with Gasteiger partial charge in [0.25, 0.3) is 10.0 Å². The maximum absolute atomic E-state index is 12.0. The highest BCUT2D eigenvalue weighted by atomic mass is 127. The standard InChI is InChI=1S/C14H12INO2S/c1-11-6-8-13(9-7-11)19(17,18)16-10-12-4-2-3-5-14(12)15/h2-10H,1H3/b16-10+. The van der Waals surface area contributed by atoms with Crippen molar-refractivity contribution in [1.82, 2.24) is 0 Å². The van der Waals surface area contributed by atoms with Gasteiger partial charge in [-0.1, -0.05) is 35.9 Å². The van der Waals surface area contributed by atoms with E-state index in [-0.39, 0.29) is 4.90 Å². The number of benzene rings is 2. The van der Waals surface area contributed by atoms with Crippen molar-refractivity contribution < 1.29 is 8.42 Å². The first-order chi connectivity index (χ1) is 8.99. The molecule has 2 aromatic rings. The smallest absolute Gasteiger partial charge is 0.199 e. The van der Waals surface area contributed by atoms with Gasteiger partial charge in [0, 0.05) is 15.3 Å². The molecule has 0 aliphatic carbocycles. The second-order valence-electron chi connectivity index (χ2n) is 4.04. The minimum absolute atomic E-state index is 0.209. The van der Waals surface area contributed by atoms with E-state index >= 15 is 0 Å². The molecule has 5 heteroatoms. The summed E-state index contributed by atoms with van der Waals surface area (Å²) in [5.41, 5.74) is 1.80. The fraction of sp³-hybridized carbons (Fsp3) is 0.0714. The minimum Gasteiger partial charge on any atom is -0.199 e. The molecule has 0 heterocycles. The van der Waals surface area contributed by atoms with Gasteiger partial charge in [0.15, 0.2) is 0 Å². The van der Waals surface area contributed by atoms with Gasteiger partial charge in [-0.3, -0.25) is 0 Å². The Bertz CT molecular complexity index is 706. The number of sulfonamides is 1. The summed E-state index contributed by atoms with van der Waals surface area (Å²) in [5.74, 6) is 0. The molecule has 0 fully saturated rings.